The van der Waals surface area contributed by atoms with E-state index in [0.717, 1.165) is 56.4 Å². The molecule has 5 heteroatoms. The Balaban J connectivity index is 2.43. The number of hydrogen-bond donors (Lipinski definition) is 1. The Labute approximate surface area is 148 Å². The van der Waals surface area contributed by atoms with Crippen LogP contribution in [0.5, 0.6) is 0 Å². The molecule has 1 aliphatic rings. The first kappa shape index (κ1) is 20.6. The Kier molecular flexibility index (Phi) is 10.8. The smallest absolute Gasteiger partial charge is 0.193 e. The fraction of sp³-hybridized carbons (Fsp3) is 0.944. The van der Waals surface area contributed by atoms with Gasteiger partial charge >= 0.3 is 0 Å². The van der Waals surface area contributed by atoms with Crippen molar-refractivity contribution in [3.63, 3.8) is 0 Å². The topological polar surface area (TPSA) is 30.9 Å². The second-order valence-corrected chi connectivity index (χ2v) is 7.92. The van der Waals surface area contributed by atoms with Crippen molar-refractivity contribution in [1.29, 1.82) is 0 Å². The van der Waals surface area contributed by atoms with Crippen LogP contribution in [0.3, 0.4) is 0 Å². The van der Waals surface area contributed by atoms with E-state index in [9.17, 15) is 0 Å². The molecule has 1 aliphatic heterocycles. The Morgan fingerprint density at radius 3 is 2.61 bits per heavy atom. The van der Waals surface area contributed by atoms with Gasteiger partial charge in [-0.05, 0) is 45.3 Å². The fourth-order valence-corrected chi connectivity index (χ4v) is 4.17. The lowest BCUT2D eigenvalue weighted by Gasteiger charge is -2.36. The summed E-state index contributed by atoms with van der Waals surface area (Å²) in [6.07, 6.45) is 2.43. The summed E-state index contributed by atoms with van der Waals surface area (Å²) in [5.41, 5.74) is 0. The number of unbranched alkanes of at least 4 members (excludes halogenated alkanes) is 1. The molecule has 1 atom stereocenters. The zero-order valence-electron chi connectivity index (χ0n) is 16.0. The molecule has 0 aromatic rings. The van der Waals surface area contributed by atoms with Crippen molar-refractivity contribution in [2.45, 2.75) is 52.7 Å². The van der Waals surface area contributed by atoms with Crippen LogP contribution in [0, 0.1) is 5.92 Å². The number of nitrogens with zero attached hydrogens (tertiary/aromatic N) is 3. The fourth-order valence-electron chi connectivity index (χ4n) is 2.87. The average Bonchev–Trinajstić information content (AvgIpc) is 2.57. The van der Waals surface area contributed by atoms with Crippen LogP contribution in [-0.4, -0.2) is 72.6 Å². The van der Waals surface area contributed by atoms with Gasteiger partial charge in [0.2, 0.25) is 0 Å². The molecule has 0 spiro atoms. The minimum absolute atomic E-state index is 0.732. The van der Waals surface area contributed by atoms with Crippen molar-refractivity contribution in [1.82, 2.24) is 15.1 Å². The van der Waals surface area contributed by atoms with Crippen LogP contribution in [0.25, 0.3) is 0 Å². The number of nitrogens with one attached hydrogen (secondary N) is 1. The Morgan fingerprint density at radius 1 is 1.26 bits per heavy atom. The van der Waals surface area contributed by atoms with E-state index in [0.29, 0.717) is 0 Å². The molecule has 4 nitrogen and oxygen atoms in total. The third kappa shape index (κ3) is 7.79. The zero-order valence-corrected chi connectivity index (χ0v) is 16.8. The average molecular weight is 343 g/mol. The summed E-state index contributed by atoms with van der Waals surface area (Å²) < 4.78 is 0. The third-order valence-electron chi connectivity index (χ3n) is 4.51. The third-order valence-corrected chi connectivity index (χ3v) is 6.05. The number of rotatable bonds is 9. The molecule has 1 saturated heterocycles. The molecular weight excluding hydrogens is 304 g/mol. The minimum atomic E-state index is 0.732. The van der Waals surface area contributed by atoms with Crippen molar-refractivity contribution in [3.8, 4) is 0 Å². The van der Waals surface area contributed by atoms with Gasteiger partial charge in [0.05, 0.1) is 0 Å². The van der Waals surface area contributed by atoms with Crippen molar-refractivity contribution in [2.75, 3.05) is 51.6 Å². The molecule has 23 heavy (non-hydrogen) atoms. The largest absolute Gasteiger partial charge is 0.357 e. The number of aliphatic imine (C=N–C) groups is 1. The first-order chi connectivity index (χ1) is 11.1. The quantitative estimate of drug-likeness (QED) is 0.396. The van der Waals surface area contributed by atoms with Gasteiger partial charge in [0.1, 0.15) is 0 Å². The van der Waals surface area contributed by atoms with Crippen LogP contribution in [-0.2, 0) is 0 Å². The van der Waals surface area contributed by atoms with Crippen molar-refractivity contribution < 1.29 is 0 Å². The molecule has 1 fully saturated rings. The van der Waals surface area contributed by atoms with Crippen molar-refractivity contribution in [2.24, 2.45) is 10.9 Å². The maximum Gasteiger partial charge on any atom is 0.193 e. The SMILES string of the molecule is CCNC(=NCCCCN(CC)CC)N1CCSC(C(C)C)C1. The maximum absolute atomic E-state index is 4.88. The van der Waals surface area contributed by atoms with E-state index < -0.39 is 0 Å². The summed E-state index contributed by atoms with van der Waals surface area (Å²) in [7, 11) is 0. The normalized spacial score (nSPS) is 19.7. The Morgan fingerprint density at radius 2 is 2.00 bits per heavy atom. The summed E-state index contributed by atoms with van der Waals surface area (Å²) in [5.74, 6) is 3.08. The summed E-state index contributed by atoms with van der Waals surface area (Å²) in [6.45, 7) is 19.0. The van der Waals surface area contributed by atoms with Gasteiger partial charge in [-0.3, -0.25) is 4.99 Å². The number of hydrogen-bond acceptors (Lipinski definition) is 3. The molecule has 0 saturated carbocycles. The summed E-state index contributed by atoms with van der Waals surface area (Å²) in [6, 6.07) is 0. The van der Waals surface area contributed by atoms with Gasteiger partial charge in [-0.15, -0.1) is 0 Å². The highest BCUT2D eigenvalue weighted by atomic mass is 32.2. The van der Waals surface area contributed by atoms with E-state index in [-0.39, 0.29) is 0 Å². The molecule has 136 valence electrons. The number of guanidine groups is 1. The lowest BCUT2D eigenvalue weighted by molar-refractivity contribution is 0.297. The van der Waals surface area contributed by atoms with Gasteiger partial charge < -0.3 is 15.1 Å². The predicted molar refractivity (Wildman–Crippen MR) is 106 cm³/mol. The summed E-state index contributed by atoms with van der Waals surface area (Å²) >= 11 is 2.12. The zero-order chi connectivity index (χ0) is 17.1. The van der Waals surface area contributed by atoms with Crippen LogP contribution < -0.4 is 5.32 Å². The van der Waals surface area contributed by atoms with Gasteiger partial charge in [-0.2, -0.15) is 11.8 Å². The van der Waals surface area contributed by atoms with E-state index >= 15 is 0 Å². The Bertz CT molecular complexity index is 329. The highest BCUT2D eigenvalue weighted by Crippen LogP contribution is 2.24. The van der Waals surface area contributed by atoms with Gasteiger partial charge in [-0.1, -0.05) is 27.7 Å². The minimum Gasteiger partial charge on any atom is -0.357 e. The van der Waals surface area contributed by atoms with E-state index in [2.05, 4.69) is 61.5 Å². The van der Waals surface area contributed by atoms with Gasteiger partial charge in [0, 0.05) is 37.2 Å². The molecule has 0 amide bonds. The molecule has 0 aromatic heterocycles. The predicted octanol–water partition coefficient (Wildman–Crippen LogP) is 3.15. The lowest BCUT2D eigenvalue weighted by atomic mass is 10.1. The molecule has 1 N–H and O–H groups in total. The first-order valence-electron chi connectivity index (χ1n) is 9.49. The second kappa shape index (κ2) is 12.0. The van der Waals surface area contributed by atoms with E-state index in [1.165, 1.54) is 25.1 Å². The molecule has 0 aromatic carbocycles. The summed E-state index contributed by atoms with van der Waals surface area (Å²) in [5, 5.41) is 4.22. The Hall–Kier alpha value is -0.420. The van der Waals surface area contributed by atoms with Crippen molar-refractivity contribution >= 4 is 17.7 Å². The van der Waals surface area contributed by atoms with Crippen LogP contribution in [0.2, 0.25) is 0 Å². The summed E-state index contributed by atoms with van der Waals surface area (Å²) in [4.78, 5) is 9.84. The standard InChI is InChI=1S/C18H38N4S/c1-6-19-18(20-11-9-10-12-21(7-2)8-3)22-13-14-23-17(15-22)16(4)5/h16-17H,6-15H2,1-5H3,(H,19,20). The highest BCUT2D eigenvalue weighted by Gasteiger charge is 2.24. The van der Waals surface area contributed by atoms with Crippen LogP contribution >= 0.6 is 11.8 Å². The molecular formula is C18H38N4S. The molecule has 1 rings (SSSR count). The van der Waals surface area contributed by atoms with Gasteiger partial charge in [-0.25, -0.2) is 0 Å². The molecule has 0 radical (unpaired) electrons. The number of thioether (sulfide) groups is 1. The molecule has 1 heterocycles. The molecule has 0 aliphatic carbocycles. The van der Waals surface area contributed by atoms with E-state index in [4.69, 9.17) is 4.99 Å². The van der Waals surface area contributed by atoms with E-state index in [1.54, 1.807) is 0 Å². The second-order valence-electron chi connectivity index (χ2n) is 6.57. The van der Waals surface area contributed by atoms with Gasteiger partial charge in [0.15, 0.2) is 5.96 Å². The van der Waals surface area contributed by atoms with Gasteiger partial charge in [0.25, 0.3) is 0 Å². The van der Waals surface area contributed by atoms with Crippen LogP contribution in [0.1, 0.15) is 47.5 Å². The highest BCUT2D eigenvalue weighted by molar-refractivity contribution is 8.00. The molecule has 0 bridgehead atoms. The van der Waals surface area contributed by atoms with Crippen LogP contribution in [0.15, 0.2) is 4.99 Å². The first-order valence-corrected chi connectivity index (χ1v) is 10.5. The lowest BCUT2D eigenvalue weighted by Crippen LogP contribution is -2.49. The molecule has 1 unspecified atom stereocenters. The van der Waals surface area contributed by atoms with Crippen molar-refractivity contribution in [3.05, 3.63) is 0 Å². The monoisotopic (exact) mass is 342 g/mol. The maximum atomic E-state index is 4.88. The van der Waals surface area contributed by atoms with E-state index in [1.807, 2.05) is 0 Å². The van der Waals surface area contributed by atoms with Crippen LogP contribution in [0.4, 0.5) is 0 Å².